The normalized spacial score (nSPS) is 11.0. The highest BCUT2D eigenvalue weighted by atomic mass is 32.1. The van der Waals surface area contributed by atoms with Crippen LogP contribution in [0, 0.1) is 0 Å². The molecule has 0 saturated heterocycles. The molecule has 4 aromatic rings. The summed E-state index contributed by atoms with van der Waals surface area (Å²) < 4.78 is 8.56. The van der Waals surface area contributed by atoms with Gasteiger partial charge in [-0.25, -0.2) is 4.68 Å². The Bertz CT molecular complexity index is 1030. The van der Waals surface area contributed by atoms with Crippen LogP contribution in [0.25, 0.3) is 23.0 Å². The number of carbonyl (C=O) groups excluding carboxylic acids is 1. The molecule has 1 amide bonds. The molecule has 0 atom stereocenters. The summed E-state index contributed by atoms with van der Waals surface area (Å²) in [6.07, 6.45) is 3.47. The summed E-state index contributed by atoms with van der Waals surface area (Å²) >= 11 is 1.56. The molecule has 0 radical (unpaired) electrons. The van der Waals surface area contributed by atoms with E-state index in [4.69, 9.17) is 4.52 Å². The third-order valence-corrected chi connectivity index (χ3v) is 4.47. The minimum absolute atomic E-state index is 0.222. The first-order chi connectivity index (χ1) is 13.2. The number of nitrogens with zero attached hydrogens (tertiary/aromatic N) is 7. The number of aryl methyl sites for hydroxylation is 1. The van der Waals surface area contributed by atoms with Crippen LogP contribution >= 0.6 is 11.3 Å². The zero-order valence-electron chi connectivity index (χ0n) is 14.4. The Hall–Kier alpha value is -3.34. The van der Waals surface area contributed by atoms with Gasteiger partial charge in [-0.1, -0.05) is 10.4 Å². The highest BCUT2D eigenvalue weighted by Crippen LogP contribution is 2.22. The number of hydrogen-bond donors (Lipinski definition) is 1. The van der Waals surface area contributed by atoms with E-state index in [-0.39, 0.29) is 5.91 Å². The smallest absolute Gasteiger partial charge is 0.280 e. The van der Waals surface area contributed by atoms with Crippen LogP contribution < -0.4 is 5.32 Å². The molecule has 10 nitrogen and oxygen atoms in total. The Morgan fingerprint density at radius 3 is 3.04 bits per heavy atom. The van der Waals surface area contributed by atoms with Gasteiger partial charge in [-0.2, -0.15) is 21.4 Å². The first-order valence-electron chi connectivity index (χ1n) is 8.31. The van der Waals surface area contributed by atoms with Gasteiger partial charge in [-0.05, 0) is 24.4 Å². The molecular weight excluding hydrogens is 368 g/mol. The molecule has 0 aliphatic carbocycles. The van der Waals surface area contributed by atoms with E-state index in [9.17, 15) is 4.79 Å². The summed E-state index contributed by atoms with van der Waals surface area (Å²) in [5, 5.41) is 22.9. The minimum atomic E-state index is -0.222. The van der Waals surface area contributed by atoms with E-state index in [1.54, 1.807) is 39.2 Å². The van der Waals surface area contributed by atoms with Crippen molar-refractivity contribution in [1.82, 2.24) is 40.2 Å². The van der Waals surface area contributed by atoms with Gasteiger partial charge in [0.1, 0.15) is 5.69 Å². The molecule has 0 bridgehead atoms. The second-order valence-corrected chi connectivity index (χ2v) is 6.39. The standard InChI is InChI=1S/C16H16N8O2S/c1-2-23-6-3-12(20-23)15(25)17-5-7-24-9-13(19-22-24)16-18-14(21-26-16)11-4-8-27-10-11/h3-4,6,8-10H,2,5,7H2,1H3,(H,17,25). The van der Waals surface area contributed by atoms with Crippen LogP contribution in [0.3, 0.4) is 0 Å². The topological polar surface area (TPSA) is 117 Å². The van der Waals surface area contributed by atoms with Gasteiger partial charge >= 0.3 is 0 Å². The van der Waals surface area contributed by atoms with Crippen molar-refractivity contribution in [2.45, 2.75) is 20.0 Å². The SMILES string of the molecule is CCn1ccc(C(=O)NCCn2cc(-c3nc(-c4ccsc4)no3)nn2)n1. The summed E-state index contributed by atoms with van der Waals surface area (Å²) in [6.45, 7) is 3.53. The highest BCUT2D eigenvalue weighted by molar-refractivity contribution is 7.08. The van der Waals surface area contributed by atoms with Gasteiger partial charge in [0.05, 0.1) is 12.7 Å². The quantitative estimate of drug-likeness (QED) is 0.515. The van der Waals surface area contributed by atoms with Crippen LogP contribution in [0.1, 0.15) is 17.4 Å². The van der Waals surface area contributed by atoms with Gasteiger partial charge in [0.25, 0.3) is 11.8 Å². The van der Waals surface area contributed by atoms with Crippen LogP contribution in [-0.2, 0) is 13.1 Å². The first-order valence-corrected chi connectivity index (χ1v) is 9.25. The fourth-order valence-electron chi connectivity index (χ4n) is 2.38. The second-order valence-electron chi connectivity index (χ2n) is 5.61. The lowest BCUT2D eigenvalue weighted by molar-refractivity contribution is 0.0946. The second kappa shape index (κ2) is 7.50. The predicted molar refractivity (Wildman–Crippen MR) is 96.9 cm³/mol. The van der Waals surface area contributed by atoms with Crippen molar-refractivity contribution in [2.75, 3.05) is 6.54 Å². The number of carbonyl (C=O) groups is 1. The number of thiophene rings is 1. The lowest BCUT2D eigenvalue weighted by Crippen LogP contribution is -2.27. The average Bonchev–Trinajstić information content (AvgIpc) is 3.48. The monoisotopic (exact) mass is 384 g/mol. The van der Waals surface area contributed by atoms with Gasteiger partial charge in [0, 0.05) is 30.2 Å². The van der Waals surface area contributed by atoms with Crippen molar-refractivity contribution in [3.63, 3.8) is 0 Å². The van der Waals surface area contributed by atoms with Crippen molar-refractivity contribution in [2.24, 2.45) is 0 Å². The highest BCUT2D eigenvalue weighted by Gasteiger charge is 2.14. The lowest BCUT2D eigenvalue weighted by atomic mass is 10.3. The molecule has 27 heavy (non-hydrogen) atoms. The summed E-state index contributed by atoms with van der Waals surface area (Å²) in [5.41, 5.74) is 1.77. The number of amides is 1. The van der Waals surface area contributed by atoms with Crippen LogP contribution in [0.5, 0.6) is 0 Å². The summed E-state index contributed by atoms with van der Waals surface area (Å²) in [6, 6.07) is 3.61. The van der Waals surface area contributed by atoms with E-state index >= 15 is 0 Å². The molecular formula is C16H16N8O2S. The maximum absolute atomic E-state index is 12.0. The fourth-order valence-corrected chi connectivity index (χ4v) is 3.01. The van der Waals surface area contributed by atoms with E-state index < -0.39 is 0 Å². The average molecular weight is 384 g/mol. The number of aromatic nitrogens is 7. The molecule has 1 N–H and O–H groups in total. The Labute approximate surface area is 157 Å². The van der Waals surface area contributed by atoms with E-state index in [0.29, 0.717) is 36.2 Å². The number of hydrogen-bond acceptors (Lipinski definition) is 8. The minimum Gasteiger partial charge on any atom is -0.349 e. The third kappa shape index (κ3) is 3.77. The van der Waals surface area contributed by atoms with Crippen molar-refractivity contribution in [3.8, 4) is 23.0 Å². The summed E-state index contributed by atoms with van der Waals surface area (Å²) in [5.74, 6) is 0.594. The maximum Gasteiger partial charge on any atom is 0.280 e. The molecule has 4 rings (SSSR count). The molecule has 4 aromatic heterocycles. The molecule has 0 aromatic carbocycles. The molecule has 0 aliphatic rings. The zero-order valence-corrected chi connectivity index (χ0v) is 15.3. The number of rotatable bonds is 7. The summed E-state index contributed by atoms with van der Waals surface area (Å²) in [4.78, 5) is 16.4. The Morgan fingerprint density at radius 2 is 2.26 bits per heavy atom. The fraction of sp³-hybridized carbons (Fsp3) is 0.250. The predicted octanol–water partition coefficient (Wildman–Crippen LogP) is 1.70. The molecule has 0 unspecified atom stereocenters. The zero-order chi connectivity index (χ0) is 18.6. The van der Waals surface area contributed by atoms with Crippen molar-refractivity contribution in [3.05, 3.63) is 41.0 Å². The molecule has 4 heterocycles. The third-order valence-electron chi connectivity index (χ3n) is 3.79. The molecule has 0 fully saturated rings. The van der Waals surface area contributed by atoms with E-state index in [1.807, 2.05) is 23.8 Å². The Morgan fingerprint density at radius 1 is 1.33 bits per heavy atom. The van der Waals surface area contributed by atoms with Gasteiger partial charge in [0.15, 0.2) is 5.69 Å². The van der Waals surface area contributed by atoms with Gasteiger partial charge in [-0.3, -0.25) is 9.48 Å². The first kappa shape index (κ1) is 17.1. The van der Waals surface area contributed by atoms with Crippen LogP contribution in [0.2, 0.25) is 0 Å². The molecule has 0 spiro atoms. The van der Waals surface area contributed by atoms with E-state index in [0.717, 1.165) is 12.1 Å². The Kier molecular flexibility index (Phi) is 4.75. The Balaban J connectivity index is 1.34. The van der Waals surface area contributed by atoms with Crippen molar-refractivity contribution >= 4 is 17.2 Å². The lowest BCUT2D eigenvalue weighted by Gasteiger charge is -2.02. The maximum atomic E-state index is 12.0. The van der Waals surface area contributed by atoms with Gasteiger partial charge in [0.2, 0.25) is 5.82 Å². The van der Waals surface area contributed by atoms with Crippen LogP contribution in [-0.4, -0.2) is 47.4 Å². The molecule has 11 heteroatoms. The van der Waals surface area contributed by atoms with Gasteiger partial charge in [-0.15, -0.1) is 5.10 Å². The molecule has 0 aliphatic heterocycles. The van der Waals surface area contributed by atoms with E-state index in [1.165, 1.54) is 0 Å². The van der Waals surface area contributed by atoms with Gasteiger partial charge < -0.3 is 9.84 Å². The van der Waals surface area contributed by atoms with E-state index in [2.05, 4.69) is 30.9 Å². The van der Waals surface area contributed by atoms with Crippen molar-refractivity contribution < 1.29 is 9.32 Å². The summed E-state index contributed by atoms with van der Waals surface area (Å²) in [7, 11) is 0. The molecule has 138 valence electrons. The molecule has 0 saturated carbocycles. The van der Waals surface area contributed by atoms with Crippen LogP contribution in [0.4, 0.5) is 0 Å². The largest absolute Gasteiger partial charge is 0.349 e. The van der Waals surface area contributed by atoms with Crippen molar-refractivity contribution in [1.29, 1.82) is 0 Å². The van der Waals surface area contributed by atoms with Crippen LogP contribution in [0.15, 0.2) is 39.8 Å². The number of nitrogens with one attached hydrogen (secondary N) is 1.